The molecule has 0 heterocycles. The van der Waals surface area contributed by atoms with Gasteiger partial charge >= 0.3 is 5.97 Å². The molecule has 289 valence electrons. The Bertz CT molecular complexity index is 1780. The number of ether oxygens (including phenoxy) is 2. The van der Waals surface area contributed by atoms with Gasteiger partial charge in [-0.05, 0) is 49.7 Å². The summed E-state index contributed by atoms with van der Waals surface area (Å²) < 4.78 is 27.6. The molecule has 0 aliphatic rings. The first-order valence-electron chi connectivity index (χ1n) is 19.6. The zero-order valence-electron chi connectivity index (χ0n) is 33.7. The summed E-state index contributed by atoms with van der Waals surface area (Å²) in [6.45, 7) is 16.6. The van der Waals surface area contributed by atoms with Crippen molar-refractivity contribution in [2.45, 2.75) is 90.2 Å². The van der Waals surface area contributed by atoms with E-state index in [2.05, 4.69) is 181 Å². The van der Waals surface area contributed by atoms with Crippen molar-refractivity contribution in [2.24, 2.45) is 0 Å². The highest BCUT2D eigenvalue weighted by Crippen LogP contribution is 2.40. The molecule has 0 N–H and O–H groups in total. The summed E-state index contributed by atoms with van der Waals surface area (Å²) in [5.74, 6) is -0.239. The van der Waals surface area contributed by atoms with Gasteiger partial charge in [0.1, 0.15) is 0 Å². The van der Waals surface area contributed by atoms with Crippen LogP contribution in [-0.2, 0) is 29.7 Å². The van der Waals surface area contributed by atoms with Gasteiger partial charge in [0.2, 0.25) is 0 Å². The summed E-state index contributed by atoms with van der Waals surface area (Å²) in [5, 5.41) is 4.28. The fourth-order valence-corrected chi connectivity index (χ4v) is 16.9. The van der Waals surface area contributed by atoms with Gasteiger partial charge in [-0.25, -0.2) is 0 Å². The minimum Gasteiger partial charge on any atom is -0.466 e. The van der Waals surface area contributed by atoms with Crippen molar-refractivity contribution in [3.8, 4) is 0 Å². The fourth-order valence-electron chi connectivity index (χ4n) is 7.76. The molecule has 7 heteroatoms. The van der Waals surface area contributed by atoms with E-state index in [1.54, 1.807) is 0 Å². The quantitative estimate of drug-likeness (QED) is 0.0660. The summed E-state index contributed by atoms with van der Waals surface area (Å²) >= 11 is 0. The minimum absolute atomic E-state index is 0.227. The first kappa shape index (κ1) is 42.0. The topological polar surface area (TPSA) is 54.0 Å². The van der Waals surface area contributed by atoms with Crippen LogP contribution in [0.3, 0.4) is 0 Å². The maximum Gasteiger partial charge on any atom is 0.305 e. The summed E-state index contributed by atoms with van der Waals surface area (Å²) in [5.41, 5.74) is 1.06. The molecule has 0 fully saturated rings. The van der Waals surface area contributed by atoms with E-state index >= 15 is 0 Å². The Labute approximate surface area is 332 Å². The van der Waals surface area contributed by atoms with Crippen LogP contribution in [0, 0.1) is 6.42 Å². The van der Waals surface area contributed by atoms with Crippen molar-refractivity contribution in [3.05, 3.63) is 164 Å². The van der Waals surface area contributed by atoms with Gasteiger partial charge in [-0.3, -0.25) is 4.79 Å². The van der Waals surface area contributed by atoms with Crippen LogP contribution in [-0.4, -0.2) is 48.0 Å². The van der Waals surface area contributed by atoms with E-state index in [0.717, 1.165) is 5.56 Å². The average Bonchev–Trinajstić information content (AvgIpc) is 3.19. The number of rotatable bonds is 18. The molecule has 2 atom stereocenters. The lowest BCUT2D eigenvalue weighted by molar-refractivity contribution is -0.143. The van der Waals surface area contributed by atoms with Crippen LogP contribution in [0.15, 0.2) is 152 Å². The van der Waals surface area contributed by atoms with E-state index < -0.39 is 28.8 Å². The molecular formula is C48H59O5Si2. The van der Waals surface area contributed by atoms with Gasteiger partial charge in [-0.1, -0.05) is 193 Å². The summed E-state index contributed by atoms with van der Waals surface area (Å²) in [4.78, 5) is 12.8. The van der Waals surface area contributed by atoms with Crippen LogP contribution >= 0.6 is 0 Å². The monoisotopic (exact) mass is 771 g/mol. The number of benzene rings is 5. The fraction of sp³-hybridized carbons (Fsp3) is 0.333. The lowest BCUT2D eigenvalue weighted by Gasteiger charge is -2.47. The first-order chi connectivity index (χ1) is 26.4. The molecule has 55 heavy (non-hydrogen) atoms. The minimum atomic E-state index is -3.07. The van der Waals surface area contributed by atoms with Gasteiger partial charge in [0.15, 0.2) is 0 Å². The second-order valence-electron chi connectivity index (χ2n) is 16.2. The molecule has 5 rings (SSSR count). The molecule has 5 nitrogen and oxygen atoms in total. The van der Waals surface area contributed by atoms with Gasteiger partial charge in [0.25, 0.3) is 16.6 Å². The molecule has 1 radical (unpaired) electrons. The average molecular weight is 772 g/mol. The summed E-state index contributed by atoms with van der Waals surface area (Å²) in [7, 11) is -6.03. The SMILES string of the molecule is CCOC(=O)CC[C@@H]([CH][C@@H](CO[Si](c1ccccc1)(c1ccccc1)C(C)(C)C)O[Si](c1ccccc1)(c1ccccc1)C(C)(C)C)OCc1ccccc1. The first-order valence-corrected chi connectivity index (χ1v) is 23.4. The normalized spacial score (nSPS) is 13.6. The van der Waals surface area contributed by atoms with E-state index in [4.69, 9.17) is 18.3 Å². The van der Waals surface area contributed by atoms with Crippen LogP contribution in [0.5, 0.6) is 0 Å². The van der Waals surface area contributed by atoms with Crippen LogP contribution in [0.2, 0.25) is 10.1 Å². The maximum atomic E-state index is 12.8. The van der Waals surface area contributed by atoms with Crippen LogP contribution in [0.25, 0.3) is 0 Å². The third kappa shape index (κ3) is 10.2. The van der Waals surface area contributed by atoms with Crippen molar-refractivity contribution in [1.29, 1.82) is 0 Å². The molecule has 0 aliphatic carbocycles. The van der Waals surface area contributed by atoms with E-state index in [-0.39, 0.29) is 22.5 Å². The molecule has 0 aromatic heterocycles. The molecule has 5 aromatic rings. The third-order valence-electron chi connectivity index (χ3n) is 10.3. The number of carbonyl (C=O) groups is 1. The standard InChI is InChI=1S/C48H59O5Si2/c1-8-50-46(49)35-34-40(51-37-39-24-14-9-15-25-39)36-41(53-55(48(5,6)7,44-30-20-12-21-31-44)45-32-22-13-23-33-45)38-52-54(47(2,3)4,42-26-16-10-17-27-42)43-28-18-11-19-29-43/h9-33,36,40-41H,8,34-35,37-38H2,1-7H3/t40-,41-/m0/s1. The molecule has 0 spiro atoms. The van der Waals surface area contributed by atoms with E-state index in [9.17, 15) is 4.79 Å². The zero-order valence-corrected chi connectivity index (χ0v) is 35.7. The second-order valence-corrected chi connectivity index (χ2v) is 24.7. The molecule has 0 aliphatic heterocycles. The van der Waals surface area contributed by atoms with Crippen molar-refractivity contribution in [3.63, 3.8) is 0 Å². The number of esters is 1. The summed E-state index contributed by atoms with van der Waals surface area (Å²) in [6.07, 6.45) is 1.92. The van der Waals surface area contributed by atoms with Crippen LogP contribution in [0.1, 0.15) is 66.9 Å². The van der Waals surface area contributed by atoms with E-state index in [1.165, 1.54) is 20.7 Å². The van der Waals surface area contributed by atoms with Gasteiger partial charge in [0.05, 0.1) is 32.0 Å². The Hall–Kier alpha value is -4.12. The Kier molecular flexibility index (Phi) is 14.6. The molecule has 0 bridgehead atoms. The van der Waals surface area contributed by atoms with Gasteiger partial charge in [-0.15, -0.1) is 0 Å². The highest BCUT2D eigenvalue weighted by Gasteiger charge is 2.54. The smallest absolute Gasteiger partial charge is 0.305 e. The largest absolute Gasteiger partial charge is 0.466 e. The highest BCUT2D eigenvalue weighted by molar-refractivity contribution is 7.00. The summed E-state index contributed by atoms with van der Waals surface area (Å²) in [6, 6.07) is 53.0. The lowest BCUT2D eigenvalue weighted by Crippen LogP contribution is -2.69. The Balaban J connectivity index is 1.65. The van der Waals surface area contributed by atoms with Crippen molar-refractivity contribution < 1.29 is 23.1 Å². The van der Waals surface area contributed by atoms with Crippen molar-refractivity contribution in [1.82, 2.24) is 0 Å². The predicted octanol–water partition coefficient (Wildman–Crippen LogP) is 8.64. The highest BCUT2D eigenvalue weighted by atomic mass is 28.4. The maximum absolute atomic E-state index is 12.8. The molecular weight excluding hydrogens is 713 g/mol. The van der Waals surface area contributed by atoms with Gasteiger partial charge in [-0.2, -0.15) is 0 Å². The lowest BCUT2D eigenvalue weighted by atomic mass is 10.1. The Morgan fingerprint density at radius 3 is 1.38 bits per heavy atom. The molecule has 0 amide bonds. The number of hydrogen-bond donors (Lipinski definition) is 0. The molecule has 0 unspecified atom stereocenters. The predicted molar refractivity (Wildman–Crippen MR) is 231 cm³/mol. The van der Waals surface area contributed by atoms with E-state index in [0.29, 0.717) is 26.2 Å². The second kappa shape index (κ2) is 19.2. The third-order valence-corrected chi connectivity index (χ3v) is 20.4. The van der Waals surface area contributed by atoms with E-state index in [1.807, 2.05) is 25.1 Å². The van der Waals surface area contributed by atoms with Crippen LogP contribution in [0.4, 0.5) is 0 Å². The van der Waals surface area contributed by atoms with Gasteiger partial charge in [0, 0.05) is 12.8 Å². The van der Waals surface area contributed by atoms with Gasteiger partial charge < -0.3 is 18.3 Å². The Morgan fingerprint density at radius 2 is 0.982 bits per heavy atom. The molecule has 0 saturated heterocycles. The number of carbonyl (C=O) groups excluding carboxylic acids is 1. The molecule has 0 saturated carbocycles. The Morgan fingerprint density at radius 1 is 0.582 bits per heavy atom. The zero-order chi connectivity index (χ0) is 39.4. The number of hydrogen-bond acceptors (Lipinski definition) is 5. The van der Waals surface area contributed by atoms with Crippen molar-refractivity contribution >= 4 is 43.4 Å². The van der Waals surface area contributed by atoms with Crippen LogP contribution < -0.4 is 20.7 Å². The molecule has 5 aromatic carbocycles. The van der Waals surface area contributed by atoms with Crippen molar-refractivity contribution in [2.75, 3.05) is 13.2 Å².